The molecule has 0 radical (unpaired) electrons. The summed E-state index contributed by atoms with van der Waals surface area (Å²) in [4.78, 5) is 3.89. The van der Waals surface area contributed by atoms with Gasteiger partial charge >= 0.3 is 6.18 Å². The van der Waals surface area contributed by atoms with Gasteiger partial charge in [-0.05, 0) is 30.3 Å². The lowest BCUT2D eigenvalue weighted by molar-refractivity contribution is -0.138. The lowest BCUT2D eigenvalue weighted by Gasteiger charge is -2.22. The second-order valence-electron chi connectivity index (χ2n) is 4.48. The van der Waals surface area contributed by atoms with Gasteiger partial charge in [0.25, 0.3) is 0 Å². The molecule has 112 valence electrons. The molecule has 1 atom stereocenters. The zero-order valence-corrected chi connectivity index (χ0v) is 11.3. The second kappa shape index (κ2) is 6.22. The van der Waals surface area contributed by atoms with Gasteiger partial charge in [-0.25, -0.2) is 4.39 Å². The van der Waals surface area contributed by atoms with Crippen molar-refractivity contribution in [3.8, 4) is 0 Å². The van der Waals surface area contributed by atoms with Crippen LogP contribution in [0.3, 0.4) is 0 Å². The monoisotopic (exact) mass is 298 g/mol. The van der Waals surface area contributed by atoms with Gasteiger partial charge in [0, 0.05) is 0 Å². The summed E-state index contributed by atoms with van der Waals surface area (Å²) in [6.07, 6.45) is -3.46. The summed E-state index contributed by atoms with van der Waals surface area (Å²) in [6, 6.07) is 7.14. The maximum Gasteiger partial charge on any atom is 0.416 e. The summed E-state index contributed by atoms with van der Waals surface area (Å²) in [5, 5.41) is 2.96. The maximum absolute atomic E-state index is 13.1. The minimum absolute atomic E-state index is 0.0750. The summed E-state index contributed by atoms with van der Waals surface area (Å²) in [7, 11) is 0. The molecule has 2 rings (SSSR count). The summed E-state index contributed by atoms with van der Waals surface area (Å²) < 4.78 is 52.3. The van der Waals surface area contributed by atoms with Crippen molar-refractivity contribution in [2.45, 2.75) is 19.1 Å². The molecule has 21 heavy (non-hydrogen) atoms. The van der Waals surface area contributed by atoms with E-state index >= 15 is 0 Å². The lowest BCUT2D eigenvalue weighted by atomic mass is 9.97. The maximum atomic E-state index is 13.1. The third-order valence-corrected chi connectivity index (χ3v) is 3.03. The van der Waals surface area contributed by atoms with Gasteiger partial charge in [0.15, 0.2) is 0 Å². The van der Waals surface area contributed by atoms with E-state index in [0.29, 0.717) is 12.2 Å². The molecule has 0 aliphatic heterocycles. The molecular formula is C15H14F4N2. The molecule has 6 heteroatoms. The van der Waals surface area contributed by atoms with Crippen LogP contribution < -0.4 is 5.32 Å². The third-order valence-electron chi connectivity index (χ3n) is 3.03. The molecule has 0 bridgehead atoms. The number of aromatic nitrogens is 1. The van der Waals surface area contributed by atoms with Crippen molar-refractivity contribution in [3.63, 3.8) is 0 Å². The van der Waals surface area contributed by atoms with Crippen LogP contribution in [0, 0.1) is 5.82 Å². The van der Waals surface area contributed by atoms with E-state index in [1.807, 2.05) is 0 Å². The Hall–Kier alpha value is -1.95. The molecule has 0 fully saturated rings. The van der Waals surface area contributed by atoms with Crippen molar-refractivity contribution in [1.82, 2.24) is 10.3 Å². The predicted octanol–water partition coefficient (Wildman–Crippen LogP) is 3.94. The van der Waals surface area contributed by atoms with Crippen LogP contribution in [0.2, 0.25) is 0 Å². The highest BCUT2D eigenvalue weighted by molar-refractivity contribution is 5.37. The first-order valence-corrected chi connectivity index (χ1v) is 6.44. The van der Waals surface area contributed by atoms with Gasteiger partial charge in [0.05, 0.1) is 23.5 Å². The van der Waals surface area contributed by atoms with Gasteiger partial charge in [0.1, 0.15) is 5.82 Å². The SMILES string of the molecule is CCNC(c1ccc(F)cn1)c1ccccc1C(F)(F)F. The average molecular weight is 298 g/mol. The summed E-state index contributed by atoms with van der Waals surface area (Å²) >= 11 is 0. The van der Waals surface area contributed by atoms with E-state index in [4.69, 9.17) is 0 Å². The summed E-state index contributed by atoms with van der Waals surface area (Å²) in [6.45, 7) is 2.24. The van der Waals surface area contributed by atoms with Crippen LogP contribution >= 0.6 is 0 Å². The number of pyridine rings is 1. The Bertz CT molecular complexity index is 593. The summed E-state index contributed by atoms with van der Waals surface area (Å²) in [5.41, 5.74) is -0.303. The summed E-state index contributed by atoms with van der Waals surface area (Å²) in [5.74, 6) is -0.530. The highest BCUT2D eigenvalue weighted by atomic mass is 19.4. The first-order chi connectivity index (χ1) is 9.93. The first-order valence-electron chi connectivity index (χ1n) is 6.44. The van der Waals surface area contributed by atoms with E-state index in [9.17, 15) is 17.6 Å². The Morgan fingerprint density at radius 2 is 1.86 bits per heavy atom. The van der Waals surface area contributed by atoms with Gasteiger partial charge in [-0.1, -0.05) is 25.1 Å². The zero-order valence-electron chi connectivity index (χ0n) is 11.3. The van der Waals surface area contributed by atoms with Gasteiger partial charge in [0.2, 0.25) is 0 Å². The number of hydrogen-bond acceptors (Lipinski definition) is 2. The first kappa shape index (κ1) is 15.4. The molecule has 1 heterocycles. The minimum atomic E-state index is -4.45. The lowest BCUT2D eigenvalue weighted by Crippen LogP contribution is -2.25. The van der Waals surface area contributed by atoms with Gasteiger partial charge < -0.3 is 5.32 Å². The molecule has 0 aliphatic carbocycles. The fourth-order valence-electron chi connectivity index (χ4n) is 2.14. The second-order valence-corrected chi connectivity index (χ2v) is 4.48. The van der Waals surface area contributed by atoms with Crippen LogP contribution in [0.25, 0.3) is 0 Å². The van der Waals surface area contributed by atoms with E-state index < -0.39 is 23.6 Å². The Morgan fingerprint density at radius 3 is 2.43 bits per heavy atom. The van der Waals surface area contributed by atoms with Crippen LogP contribution in [0.1, 0.15) is 29.8 Å². The van der Waals surface area contributed by atoms with Crippen molar-refractivity contribution in [2.75, 3.05) is 6.54 Å². The Morgan fingerprint density at radius 1 is 1.14 bits per heavy atom. The van der Waals surface area contributed by atoms with Gasteiger partial charge in [-0.15, -0.1) is 0 Å². The quantitative estimate of drug-likeness (QED) is 0.865. The van der Waals surface area contributed by atoms with Crippen molar-refractivity contribution in [1.29, 1.82) is 0 Å². The number of rotatable bonds is 4. The highest BCUT2D eigenvalue weighted by Gasteiger charge is 2.35. The molecule has 1 aromatic carbocycles. The Kier molecular flexibility index (Phi) is 4.57. The molecule has 0 saturated heterocycles. The standard InChI is InChI=1S/C15H14F4N2/c1-2-20-14(13-8-7-10(16)9-21-13)11-5-3-4-6-12(11)15(17,18)19/h3-9,14,20H,2H2,1H3. The third kappa shape index (κ3) is 3.58. The number of halogens is 4. The average Bonchev–Trinajstić information content (AvgIpc) is 2.45. The van der Waals surface area contributed by atoms with E-state index in [-0.39, 0.29) is 5.56 Å². The van der Waals surface area contributed by atoms with Crippen molar-refractivity contribution in [2.24, 2.45) is 0 Å². The fourth-order valence-corrected chi connectivity index (χ4v) is 2.14. The van der Waals surface area contributed by atoms with Crippen LogP contribution in [-0.2, 0) is 6.18 Å². The molecule has 1 unspecified atom stereocenters. The van der Waals surface area contributed by atoms with Gasteiger partial charge in [-0.3, -0.25) is 4.98 Å². The number of benzene rings is 1. The number of alkyl halides is 3. The molecular weight excluding hydrogens is 284 g/mol. The Balaban J connectivity index is 2.51. The smallest absolute Gasteiger partial charge is 0.305 e. The predicted molar refractivity (Wildman–Crippen MR) is 71.2 cm³/mol. The Labute approximate surface area is 119 Å². The van der Waals surface area contributed by atoms with E-state index in [1.165, 1.54) is 24.3 Å². The van der Waals surface area contributed by atoms with Crippen molar-refractivity contribution < 1.29 is 17.6 Å². The molecule has 0 aliphatic rings. The molecule has 1 aromatic heterocycles. The molecule has 2 aromatic rings. The van der Waals surface area contributed by atoms with Gasteiger partial charge in [-0.2, -0.15) is 13.2 Å². The van der Waals surface area contributed by atoms with Crippen LogP contribution in [0.15, 0.2) is 42.6 Å². The van der Waals surface area contributed by atoms with Crippen molar-refractivity contribution in [3.05, 3.63) is 65.2 Å². The molecule has 0 amide bonds. The van der Waals surface area contributed by atoms with E-state index in [0.717, 1.165) is 12.3 Å². The zero-order chi connectivity index (χ0) is 15.5. The number of hydrogen-bond donors (Lipinski definition) is 1. The topological polar surface area (TPSA) is 24.9 Å². The highest BCUT2D eigenvalue weighted by Crippen LogP contribution is 2.36. The van der Waals surface area contributed by atoms with Crippen LogP contribution in [0.4, 0.5) is 17.6 Å². The fraction of sp³-hybridized carbons (Fsp3) is 0.267. The number of nitrogens with one attached hydrogen (secondary N) is 1. The molecule has 1 N–H and O–H groups in total. The van der Waals surface area contributed by atoms with Crippen molar-refractivity contribution >= 4 is 0 Å². The van der Waals surface area contributed by atoms with E-state index in [2.05, 4.69) is 10.3 Å². The number of nitrogens with zero attached hydrogens (tertiary/aromatic N) is 1. The molecule has 2 nitrogen and oxygen atoms in total. The largest absolute Gasteiger partial charge is 0.416 e. The van der Waals surface area contributed by atoms with E-state index in [1.54, 1.807) is 13.0 Å². The van der Waals surface area contributed by atoms with Crippen LogP contribution in [-0.4, -0.2) is 11.5 Å². The van der Waals surface area contributed by atoms with Crippen LogP contribution in [0.5, 0.6) is 0 Å². The molecule has 0 spiro atoms. The minimum Gasteiger partial charge on any atom is -0.305 e. The normalized spacial score (nSPS) is 13.2. The molecule has 0 saturated carbocycles.